The van der Waals surface area contributed by atoms with Crippen LogP contribution in [-0.2, 0) is 25.4 Å². The molecule has 328 valence electrons. The number of hydrogen-bond donors (Lipinski definition) is 2. The second-order valence-electron chi connectivity index (χ2n) is 17.6. The van der Waals surface area contributed by atoms with Crippen LogP contribution in [0.15, 0.2) is 54.7 Å². The first-order chi connectivity index (χ1) is 30.2. The van der Waals surface area contributed by atoms with Crippen LogP contribution in [0.3, 0.4) is 0 Å². The Morgan fingerprint density at radius 3 is 1.98 bits per heavy atom. The van der Waals surface area contributed by atoms with Crippen molar-refractivity contribution < 1.29 is 41.9 Å². The van der Waals surface area contributed by atoms with Gasteiger partial charge >= 0.3 is 6.18 Å². The first-order valence-electron chi connectivity index (χ1n) is 21.5. The standard InChI is InChI=1S/C45H46F3N9O6/c46-45(47,48)35-22-31(2-1-29(35)23-49)54-15-9-27(10-16-54)39(59)51-37-7-4-32(24-50-37)55-19-13-44(14-20-55)25-56(26-44)41(61)28-11-17-53(18-12-28)30-3-5-33-34(21-30)43(63)57(42(33)62)36-6-8-38(58)52-40(36)60/h1-5,7,21-22,24,27-28,36H,6,8-20,25-26H2,(H,50,51,59)(H,52,58,60). The van der Waals surface area contributed by atoms with Crippen LogP contribution >= 0.6 is 0 Å². The van der Waals surface area contributed by atoms with E-state index in [0.717, 1.165) is 61.4 Å². The maximum Gasteiger partial charge on any atom is 0.417 e. The van der Waals surface area contributed by atoms with Crippen LogP contribution < -0.4 is 25.3 Å². The lowest BCUT2D eigenvalue weighted by Crippen LogP contribution is -2.63. The third-order valence-electron chi connectivity index (χ3n) is 13.8. The molecule has 63 heavy (non-hydrogen) atoms. The van der Waals surface area contributed by atoms with Crippen LogP contribution in [0.1, 0.15) is 83.2 Å². The molecule has 0 saturated carbocycles. The van der Waals surface area contributed by atoms with Gasteiger partial charge in [-0.2, -0.15) is 18.4 Å². The third kappa shape index (κ3) is 8.04. The molecular formula is C45H46F3N9O6. The van der Waals surface area contributed by atoms with Crippen molar-refractivity contribution >= 4 is 58.3 Å². The molecule has 5 fully saturated rings. The lowest BCUT2D eigenvalue weighted by Gasteiger charge is -2.55. The van der Waals surface area contributed by atoms with Crippen LogP contribution in [0.25, 0.3) is 0 Å². The molecule has 15 nitrogen and oxygen atoms in total. The minimum absolute atomic E-state index is 0.0561. The van der Waals surface area contributed by atoms with E-state index < -0.39 is 47.0 Å². The summed E-state index contributed by atoms with van der Waals surface area (Å²) < 4.78 is 40.5. The SMILES string of the molecule is N#Cc1ccc(N2CCC(C(=O)Nc3ccc(N4CCC5(CC4)CN(C(=O)C4CCN(c6ccc7c(c6)C(=O)N(C6CCC(=O)NC6=O)C7=O)CC4)C5)cn3)CC2)cc1C(F)(F)F. The maximum absolute atomic E-state index is 13.6. The summed E-state index contributed by atoms with van der Waals surface area (Å²) in [5.74, 6) is -2.14. The fourth-order valence-electron chi connectivity index (χ4n) is 10.1. The number of fused-ring (bicyclic) bond motifs is 1. The van der Waals surface area contributed by atoms with Gasteiger partial charge in [-0.25, -0.2) is 4.98 Å². The number of piperidine rings is 4. The smallest absolute Gasteiger partial charge is 0.371 e. The zero-order chi connectivity index (χ0) is 44.2. The van der Waals surface area contributed by atoms with Crippen LogP contribution in [0.4, 0.5) is 36.1 Å². The van der Waals surface area contributed by atoms with Gasteiger partial charge in [0.05, 0.1) is 40.2 Å². The molecule has 6 amide bonds. The average molecular weight is 866 g/mol. The largest absolute Gasteiger partial charge is 0.417 e. The van der Waals surface area contributed by atoms with Gasteiger partial charge in [-0.3, -0.25) is 39.0 Å². The third-order valence-corrected chi connectivity index (χ3v) is 13.8. The molecular weight excluding hydrogens is 820 g/mol. The Bertz CT molecular complexity index is 2410. The number of pyridine rings is 1. The van der Waals surface area contributed by atoms with Gasteiger partial charge in [-0.1, -0.05) is 0 Å². The van der Waals surface area contributed by atoms with Gasteiger partial charge in [-0.15, -0.1) is 0 Å². The Morgan fingerprint density at radius 1 is 0.762 bits per heavy atom. The molecule has 6 aliphatic heterocycles. The lowest BCUT2D eigenvalue weighted by atomic mass is 9.71. The number of alkyl halides is 3. The quantitative estimate of drug-likeness (QED) is 0.318. The van der Waals surface area contributed by atoms with Crippen molar-refractivity contribution in [3.05, 3.63) is 77.0 Å². The van der Waals surface area contributed by atoms with E-state index in [-0.39, 0.29) is 53.0 Å². The number of rotatable bonds is 7. The van der Waals surface area contributed by atoms with E-state index in [2.05, 4.69) is 25.4 Å². The maximum atomic E-state index is 13.6. The van der Waals surface area contributed by atoms with E-state index in [4.69, 9.17) is 5.26 Å². The summed E-state index contributed by atoms with van der Waals surface area (Å²) in [6.45, 7) is 5.14. The normalized spacial score (nSPS) is 21.9. The Balaban J connectivity index is 0.705. The second kappa shape index (κ2) is 16.3. The first-order valence-corrected chi connectivity index (χ1v) is 21.5. The Kier molecular flexibility index (Phi) is 10.8. The molecule has 2 N–H and O–H groups in total. The number of nitriles is 1. The van der Waals surface area contributed by atoms with Crippen LogP contribution in [-0.4, -0.2) is 109 Å². The van der Waals surface area contributed by atoms with Gasteiger partial charge in [0.25, 0.3) is 11.8 Å². The van der Waals surface area contributed by atoms with E-state index in [1.165, 1.54) is 12.1 Å². The molecule has 1 aromatic heterocycles. The van der Waals surface area contributed by atoms with Gasteiger partial charge in [0.15, 0.2) is 0 Å². The van der Waals surface area contributed by atoms with Crippen molar-refractivity contribution in [2.24, 2.45) is 17.3 Å². The van der Waals surface area contributed by atoms with Crippen LogP contribution in [0, 0.1) is 28.6 Å². The number of benzene rings is 2. The molecule has 6 aliphatic rings. The fourth-order valence-corrected chi connectivity index (χ4v) is 10.1. The van der Waals surface area contributed by atoms with Crippen molar-refractivity contribution in [2.75, 3.05) is 72.4 Å². The summed E-state index contributed by atoms with van der Waals surface area (Å²) in [6, 6.07) is 13.1. The number of carbonyl (C=O) groups is 6. The summed E-state index contributed by atoms with van der Waals surface area (Å²) in [5.41, 5.74) is 1.27. The zero-order valence-corrected chi connectivity index (χ0v) is 34.5. The predicted octanol–water partition coefficient (Wildman–Crippen LogP) is 4.57. The number of likely N-dealkylation sites (tertiary alicyclic amines) is 1. The summed E-state index contributed by atoms with van der Waals surface area (Å²) >= 11 is 0. The number of carbonyl (C=O) groups excluding carboxylic acids is 6. The van der Waals surface area contributed by atoms with Crippen LogP contribution in [0.2, 0.25) is 0 Å². The first kappa shape index (κ1) is 41.8. The number of halogens is 3. The number of nitrogens with zero attached hydrogens (tertiary/aromatic N) is 7. The number of anilines is 4. The van der Waals surface area contributed by atoms with E-state index in [9.17, 15) is 41.9 Å². The Labute approximate surface area is 361 Å². The summed E-state index contributed by atoms with van der Waals surface area (Å²) in [7, 11) is 0. The number of aromatic nitrogens is 1. The summed E-state index contributed by atoms with van der Waals surface area (Å²) in [5, 5.41) is 14.2. The summed E-state index contributed by atoms with van der Waals surface area (Å²) in [4.78, 5) is 90.9. The highest BCUT2D eigenvalue weighted by atomic mass is 19.4. The van der Waals surface area contributed by atoms with Gasteiger partial charge in [0, 0.05) is 87.4 Å². The molecule has 18 heteroatoms. The van der Waals surface area contributed by atoms with Crippen molar-refractivity contribution in [1.82, 2.24) is 20.1 Å². The highest BCUT2D eigenvalue weighted by molar-refractivity contribution is 6.23. The molecule has 7 heterocycles. The molecule has 2 aromatic carbocycles. The molecule has 0 bridgehead atoms. The van der Waals surface area contributed by atoms with Gasteiger partial charge in [-0.05, 0) is 93.5 Å². The highest BCUT2D eigenvalue weighted by Gasteiger charge is 2.49. The van der Waals surface area contributed by atoms with E-state index in [1.807, 2.05) is 11.0 Å². The lowest BCUT2D eigenvalue weighted by molar-refractivity contribution is -0.150. The fraction of sp³-hybridized carbons (Fsp3) is 0.467. The Hall–Kier alpha value is -6.51. The second-order valence-corrected chi connectivity index (χ2v) is 17.6. The molecule has 1 spiro atoms. The molecule has 1 atom stereocenters. The molecule has 0 radical (unpaired) electrons. The monoisotopic (exact) mass is 865 g/mol. The number of imide groups is 2. The Morgan fingerprint density at radius 2 is 1.37 bits per heavy atom. The molecule has 1 unspecified atom stereocenters. The molecule has 9 rings (SSSR count). The molecule has 3 aromatic rings. The molecule has 0 aliphatic carbocycles. The molecule has 5 saturated heterocycles. The van der Waals surface area contributed by atoms with E-state index >= 15 is 0 Å². The summed E-state index contributed by atoms with van der Waals surface area (Å²) in [6.07, 6.45) is 1.40. The van der Waals surface area contributed by atoms with Crippen molar-refractivity contribution in [3.8, 4) is 6.07 Å². The minimum Gasteiger partial charge on any atom is -0.371 e. The number of nitrogens with one attached hydrogen (secondary N) is 2. The van der Waals surface area contributed by atoms with Crippen molar-refractivity contribution in [1.29, 1.82) is 5.26 Å². The van der Waals surface area contributed by atoms with Crippen LogP contribution in [0.5, 0.6) is 0 Å². The van der Waals surface area contributed by atoms with Gasteiger partial charge in [0.1, 0.15) is 11.9 Å². The highest BCUT2D eigenvalue weighted by Crippen LogP contribution is 2.43. The number of amides is 6. The van der Waals surface area contributed by atoms with Gasteiger partial charge in [0.2, 0.25) is 23.6 Å². The topological polar surface area (TPSA) is 179 Å². The number of hydrogen-bond acceptors (Lipinski definition) is 11. The predicted molar refractivity (Wildman–Crippen MR) is 222 cm³/mol. The average Bonchev–Trinajstić information content (AvgIpc) is 3.52. The zero-order valence-electron chi connectivity index (χ0n) is 34.5. The van der Waals surface area contributed by atoms with Gasteiger partial charge < -0.3 is 24.9 Å². The minimum atomic E-state index is -4.64. The van der Waals surface area contributed by atoms with Crippen molar-refractivity contribution in [2.45, 2.75) is 63.6 Å². The van der Waals surface area contributed by atoms with Crippen molar-refractivity contribution in [3.63, 3.8) is 0 Å². The van der Waals surface area contributed by atoms with E-state index in [0.29, 0.717) is 63.4 Å². The van der Waals surface area contributed by atoms with E-state index in [1.54, 1.807) is 41.4 Å².